The second kappa shape index (κ2) is 8.76. The number of hydrogen-bond donors (Lipinski definition) is 0. The predicted octanol–water partition coefficient (Wildman–Crippen LogP) is 6.04. The molecule has 1 aliphatic rings. The topological polar surface area (TPSA) is 0 Å². The molecule has 0 heterocycles. The molecular formula is C19H28S. The van der Waals surface area contributed by atoms with Crippen molar-refractivity contribution in [3.63, 3.8) is 0 Å². The average molecular weight is 288 g/mol. The highest BCUT2D eigenvalue weighted by Gasteiger charge is 2.23. The normalized spacial score (nSPS) is 13.2. The van der Waals surface area contributed by atoms with E-state index in [-0.39, 0.29) is 10.5 Å². The van der Waals surface area contributed by atoms with E-state index in [9.17, 15) is 0 Å². The van der Waals surface area contributed by atoms with E-state index in [4.69, 9.17) is 0 Å². The first-order valence-corrected chi connectivity index (χ1v) is 9.20. The third kappa shape index (κ3) is 3.61. The fraction of sp³-hybridized carbons (Fsp3) is 0.316. The first kappa shape index (κ1) is 18.7. The lowest BCUT2D eigenvalue weighted by atomic mass is 9.82. The molecule has 0 saturated heterocycles. The van der Waals surface area contributed by atoms with Gasteiger partial charge in [0.2, 0.25) is 0 Å². The van der Waals surface area contributed by atoms with Gasteiger partial charge in [0, 0.05) is 4.86 Å². The molecule has 0 radical (unpaired) electrons. The number of hydrogen-bond acceptors (Lipinski definition) is 0. The van der Waals surface area contributed by atoms with Crippen molar-refractivity contribution in [3.05, 3.63) is 60.7 Å². The molecule has 0 spiro atoms. The van der Waals surface area contributed by atoms with Gasteiger partial charge in [-0.3, -0.25) is 0 Å². The van der Waals surface area contributed by atoms with Crippen molar-refractivity contribution in [2.45, 2.75) is 27.7 Å². The summed E-state index contributed by atoms with van der Waals surface area (Å²) in [6.45, 7) is 20.5. The molecule has 2 rings (SSSR count). The summed E-state index contributed by atoms with van der Waals surface area (Å²) in [5, 5.41) is 0. The summed E-state index contributed by atoms with van der Waals surface area (Å²) in [6.07, 6.45) is 4.40. The third-order valence-corrected chi connectivity index (χ3v) is 4.21. The van der Waals surface area contributed by atoms with Crippen LogP contribution in [0.15, 0.2) is 49.6 Å². The molecule has 1 aromatic carbocycles. The molecule has 0 amide bonds. The van der Waals surface area contributed by atoms with Crippen LogP contribution < -0.4 is 0 Å². The van der Waals surface area contributed by atoms with Crippen LogP contribution >= 0.6 is 10.5 Å². The van der Waals surface area contributed by atoms with Gasteiger partial charge in [-0.1, -0.05) is 71.7 Å². The van der Waals surface area contributed by atoms with Gasteiger partial charge in [0.15, 0.2) is 0 Å². The van der Waals surface area contributed by atoms with Crippen LogP contribution in [0.3, 0.4) is 0 Å². The van der Waals surface area contributed by atoms with Crippen LogP contribution in [0.2, 0.25) is 0 Å². The van der Waals surface area contributed by atoms with Gasteiger partial charge < -0.3 is 0 Å². The van der Waals surface area contributed by atoms with Crippen LogP contribution in [0.5, 0.6) is 0 Å². The van der Waals surface area contributed by atoms with Gasteiger partial charge in [-0.15, -0.1) is 0 Å². The Hall–Kier alpha value is -1.34. The van der Waals surface area contributed by atoms with E-state index in [0.717, 1.165) is 16.7 Å². The summed E-state index contributed by atoms with van der Waals surface area (Å²) in [4.78, 5) is 1.27. The first-order chi connectivity index (χ1) is 9.54. The minimum atomic E-state index is 0.167. The second-order valence-corrected chi connectivity index (χ2v) is 6.17. The maximum absolute atomic E-state index is 4.21. The quantitative estimate of drug-likeness (QED) is 0.403. The van der Waals surface area contributed by atoms with Gasteiger partial charge >= 0.3 is 0 Å². The molecular weight excluding hydrogens is 260 g/mol. The average Bonchev–Trinajstić information content (AvgIpc) is 2.49. The molecule has 0 saturated carbocycles. The Bertz CT molecular complexity index is 541. The molecule has 1 aromatic rings. The van der Waals surface area contributed by atoms with E-state index < -0.39 is 0 Å². The smallest absolute Gasteiger partial charge is 0.0119 e. The molecule has 0 atom stereocenters. The van der Waals surface area contributed by atoms with Crippen molar-refractivity contribution in [2.24, 2.45) is 0 Å². The van der Waals surface area contributed by atoms with Crippen LogP contribution in [0, 0.1) is 0 Å². The maximum Gasteiger partial charge on any atom is 0.0119 e. The molecule has 1 aliphatic carbocycles. The van der Waals surface area contributed by atoms with E-state index in [2.05, 4.69) is 44.4 Å². The second-order valence-electron chi connectivity index (χ2n) is 4.13. The van der Waals surface area contributed by atoms with Crippen molar-refractivity contribution in [2.75, 3.05) is 12.5 Å². The van der Waals surface area contributed by atoms with Crippen LogP contribution in [0.4, 0.5) is 0 Å². The molecule has 0 unspecified atom stereocenters. The summed E-state index contributed by atoms with van der Waals surface area (Å²) in [5.41, 5.74) is 5.58. The largest absolute Gasteiger partial charge is 0.184 e. The summed E-state index contributed by atoms with van der Waals surface area (Å²) in [6, 6.07) is 8.29. The molecule has 0 fully saturated rings. The van der Waals surface area contributed by atoms with E-state index in [1.165, 1.54) is 16.0 Å². The zero-order valence-electron chi connectivity index (χ0n) is 13.8. The third-order valence-electron chi connectivity index (χ3n) is 2.90. The number of allylic oxidation sites excluding steroid dienone is 3. The summed E-state index contributed by atoms with van der Waals surface area (Å²) in [5.74, 6) is 0. The van der Waals surface area contributed by atoms with Crippen LogP contribution in [0.1, 0.15) is 38.8 Å². The lowest BCUT2D eigenvalue weighted by Gasteiger charge is -2.26. The zero-order valence-corrected chi connectivity index (χ0v) is 14.7. The van der Waals surface area contributed by atoms with Gasteiger partial charge in [-0.25, -0.2) is 0 Å². The summed E-state index contributed by atoms with van der Waals surface area (Å²) < 4.78 is 0. The molecule has 0 aromatic heterocycles. The first-order valence-electron chi connectivity index (χ1n) is 7.16. The van der Waals surface area contributed by atoms with Gasteiger partial charge in [0.1, 0.15) is 0 Å². The lowest BCUT2D eigenvalue weighted by Crippen LogP contribution is -2.13. The lowest BCUT2D eigenvalue weighted by molar-refractivity contribution is 1.50. The standard InChI is InChI=1S/C15H16S.2C2H6/c1-10-11(2)15(16(4)5)12(3)14-9-7-6-8-13(10)14;2*1-2/h6-9H,1-3H2,4-5H3;2*1-2H3. The molecule has 20 heavy (non-hydrogen) atoms. The summed E-state index contributed by atoms with van der Waals surface area (Å²) in [7, 11) is 0.167. The van der Waals surface area contributed by atoms with Crippen molar-refractivity contribution in [1.82, 2.24) is 0 Å². The van der Waals surface area contributed by atoms with Crippen LogP contribution in [-0.2, 0) is 0 Å². The van der Waals surface area contributed by atoms with E-state index >= 15 is 0 Å². The molecule has 1 heteroatoms. The van der Waals surface area contributed by atoms with Crippen molar-refractivity contribution in [1.29, 1.82) is 0 Å². The molecule has 0 aliphatic heterocycles. The fourth-order valence-corrected chi connectivity index (χ4v) is 3.33. The highest BCUT2D eigenvalue weighted by atomic mass is 32.2. The van der Waals surface area contributed by atoms with Gasteiger partial charge in [-0.05, 0) is 40.4 Å². The molecule has 0 N–H and O–H groups in total. The van der Waals surface area contributed by atoms with Gasteiger partial charge in [-0.2, -0.15) is 10.5 Å². The van der Waals surface area contributed by atoms with E-state index in [1.807, 2.05) is 39.8 Å². The Morgan fingerprint density at radius 1 is 0.700 bits per heavy atom. The Morgan fingerprint density at radius 3 is 1.50 bits per heavy atom. The maximum atomic E-state index is 4.21. The SMILES string of the molecule is C=C1C(=C)c2ccccc2C(=C)C1=S(C)C.CC.CC. The minimum Gasteiger partial charge on any atom is -0.184 e. The molecule has 0 nitrogen and oxygen atoms in total. The zero-order chi connectivity index (χ0) is 15.9. The van der Waals surface area contributed by atoms with Crippen molar-refractivity contribution >= 4 is 26.5 Å². The number of benzene rings is 1. The monoisotopic (exact) mass is 288 g/mol. The van der Waals surface area contributed by atoms with Gasteiger partial charge in [0.05, 0.1) is 0 Å². The molecule has 110 valence electrons. The molecule has 0 bridgehead atoms. The Kier molecular flexibility index (Phi) is 8.17. The van der Waals surface area contributed by atoms with Crippen molar-refractivity contribution in [3.8, 4) is 0 Å². The number of fused-ring (bicyclic) bond motifs is 1. The minimum absolute atomic E-state index is 0.167. The van der Waals surface area contributed by atoms with Gasteiger partial charge in [0.25, 0.3) is 0 Å². The highest BCUT2D eigenvalue weighted by molar-refractivity contribution is 8.15. The van der Waals surface area contributed by atoms with E-state index in [1.54, 1.807) is 0 Å². The summed E-state index contributed by atoms with van der Waals surface area (Å²) >= 11 is 0. The van der Waals surface area contributed by atoms with Crippen LogP contribution in [-0.4, -0.2) is 17.4 Å². The Morgan fingerprint density at radius 2 is 1.10 bits per heavy atom. The Labute approximate surface area is 127 Å². The van der Waals surface area contributed by atoms with E-state index in [0.29, 0.717) is 0 Å². The number of rotatable bonds is 0. The Balaban J connectivity index is 0.000000829. The predicted molar refractivity (Wildman–Crippen MR) is 101 cm³/mol. The van der Waals surface area contributed by atoms with Crippen molar-refractivity contribution < 1.29 is 0 Å². The fourth-order valence-electron chi connectivity index (χ4n) is 2.11. The highest BCUT2D eigenvalue weighted by Crippen LogP contribution is 2.39. The van der Waals surface area contributed by atoms with Crippen LogP contribution in [0.25, 0.3) is 11.1 Å².